The fourth-order valence-corrected chi connectivity index (χ4v) is 3.57. The number of ether oxygens (including phenoxy) is 1. The van der Waals surface area contributed by atoms with Crippen molar-refractivity contribution in [1.82, 2.24) is 0 Å². The van der Waals surface area contributed by atoms with Gasteiger partial charge in [0.1, 0.15) is 0 Å². The van der Waals surface area contributed by atoms with Gasteiger partial charge in [0.2, 0.25) is 0 Å². The number of halogens is 1. The van der Waals surface area contributed by atoms with Crippen molar-refractivity contribution in [2.75, 3.05) is 18.2 Å². The Labute approximate surface area is 122 Å². The molecular weight excluding hydrogens is 273 g/mol. The van der Waals surface area contributed by atoms with Crippen molar-refractivity contribution in [2.24, 2.45) is 0 Å². The van der Waals surface area contributed by atoms with Crippen molar-refractivity contribution in [3.8, 4) is 5.75 Å². The Balaban J connectivity index is 1.85. The quantitative estimate of drug-likeness (QED) is 0.900. The third-order valence-electron chi connectivity index (χ3n) is 3.45. The summed E-state index contributed by atoms with van der Waals surface area (Å²) < 4.78 is 18.5. The lowest BCUT2D eigenvalue weighted by Crippen LogP contribution is -2.16. The van der Waals surface area contributed by atoms with E-state index >= 15 is 0 Å². The predicted octanol–water partition coefficient (Wildman–Crippen LogP) is 4.48. The average molecular weight is 289 g/mol. The molecule has 3 rings (SSSR count). The van der Waals surface area contributed by atoms with Gasteiger partial charge in [0, 0.05) is 22.4 Å². The summed E-state index contributed by atoms with van der Waals surface area (Å²) in [5, 5.41) is 3.48. The van der Waals surface area contributed by atoms with Crippen LogP contribution in [0.25, 0.3) is 0 Å². The molecule has 0 bridgehead atoms. The molecule has 1 unspecified atom stereocenters. The summed E-state index contributed by atoms with van der Waals surface area (Å²) in [5.41, 5.74) is 2.20. The zero-order valence-electron chi connectivity index (χ0n) is 11.2. The topological polar surface area (TPSA) is 21.3 Å². The summed E-state index contributed by atoms with van der Waals surface area (Å²) in [6, 6.07) is 13.6. The number of rotatable bonds is 3. The molecule has 20 heavy (non-hydrogen) atoms. The molecule has 1 N–H and O–H groups in total. The van der Waals surface area contributed by atoms with Crippen molar-refractivity contribution in [1.29, 1.82) is 0 Å². The summed E-state index contributed by atoms with van der Waals surface area (Å²) in [6.07, 6.45) is 1.06. The van der Waals surface area contributed by atoms with E-state index in [0.29, 0.717) is 0 Å². The fourth-order valence-electron chi connectivity index (χ4n) is 2.44. The van der Waals surface area contributed by atoms with E-state index in [-0.39, 0.29) is 17.6 Å². The first kappa shape index (κ1) is 13.3. The van der Waals surface area contributed by atoms with Crippen LogP contribution in [0.3, 0.4) is 0 Å². The number of anilines is 1. The Morgan fingerprint density at radius 2 is 2.10 bits per heavy atom. The molecule has 1 aliphatic rings. The van der Waals surface area contributed by atoms with Crippen LogP contribution in [0.15, 0.2) is 47.4 Å². The third kappa shape index (κ3) is 2.61. The third-order valence-corrected chi connectivity index (χ3v) is 4.57. The van der Waals surface area contributed by atoms with Crippen molar-refractivity contribution in [3.63, 3.8) is 0 Å². The molecule has 2 aromatic rings. The lowest BCUT2D eigenvalue weighted by atomic mass is 10.0. The molecule has 0 amide bonds. The van der Waals surface area contributed by atoms with Crippen LogP contribution in [-0.4, -0.2) is 12.9 Å². The molecule has 1 aliphatic heterocycles. The molecule has 1 heterocycles. The second kappa shape index (κ2) is 5.75. The second-order valence-corrected chi connectivity index (χ2v) is 5.86. The normalized spacial score (nSPS) is 17.4. The molecule has 104 valence electrons. The standard InChI is InChI=1S/C16H16FNOS/c1-19-15-10-11(6-7-13(15)17)18-14-8-9-20-16-5-3-2-4-12(14)16/h2-7,10,14,18H,8-9H2,1H3. The molecule has 0 fully saturated rings. The molecule has 2 aromatic carbocycles. The van der Waals surface area contributed by atoms with Crippen LogP contribution in [0.5, 0.6) is 5.75 Å². The minimum Gasteiger partial charge on any atom is -0.494 e. The maximum atomic E-state index is 13.4. The van der Waals surface area contributed by atoms with Crippen LogP contribution < -0.4 is 10.1 Å². The predicted molar refractivity (Wildman–Crippen MR) is 81.1 cm³/mol. The first-order chi connectivity index (χ1) is 9.78. The molecule has 0 saturated carbocycles. The van der Waals surface area contributed by atoms with E-state index in [2.05, 4.69) is 29.6 Å². The minimum atomic E-state index is -0.336. The van der Waals surface area contributed by atoms with Crippen molar-refractivity contribution in [3.05, 3.63) is 53.8 Å². The van der Waals surface area contributed by atoms with E-state index in [4.69, 9.17) is 4.74 Å². The Hall–Kier alpha value is -1.68. The highest BCUT2D eigenvalue weighted by Gasteiger charge is 2.20. The van der Waals surface area contributed by atoms with Crippen LogP contribution in [0, 0.1) is 5.82 Å². The van der Waals surface area contributed by atoms with E-state index in [1.54, 1.807) is 12.1 Å². The van der Waals surface area contributed by atoms with Gasteiger partial charge in [-0.3, -0.25) is 0 Å². The van der Waals surface area contributed by atoms with Gasteiger partial charge in [-0.05, 0) is 30.2 Å². The smallest absolute Gasteiger partial charge is 0.165 e. The summed E-state index contributed by atoms with van der Waals surface area (Å²) >= 11 is 1.89. The van der Waals surface area contributed by atoms with Gasteiger partial charge in [0.15, 0.2) is 11.6 Å². The van der Waals surface area contributed by atoms with Gasteiger partial charge in [-0.1, -0.05) is 18.2 Å². The number of thioether (sulfide) groups is 1. The Bertz CT molecular complexity index is 617. The van der Waals surface area contributed by atoms with Crippen molar-refractivity contribution >= 4 is 17.4 Å². The Morgan fingerprint density at radius 1 is 1.25 bits per heavy atom. The van der Waals surface area contributed by atoms with Gasteiger partial charge < -0.3 is 10.1 Å². The van der Waals surface area contributed by atoms with E-state index in [0.717, 1.165) is 17.9 Å². The molecule has 0 aromatic heterocycles. The summed E-state index contributed by atoms with van der Waals surface area (Å²) in [5.74, 6) is 1.03. The zero-order valence-corrected chi connectivity index (χ0v) is 12.0. The number of nitrogens with one attached hydrogen (secondary N) is 1. The molecule has 4 heteroatoms. The number of hydrogen-bond donors (Lipinski definition) is 1. The SMILES string of the molecule is COc1cc(NC2CCSc3ccccc32)ccc1F. The molecule has 2 nitrogen and oxygen atoms in total. The molecule has 0 aliphatic carbocycles. The van der Waals surface area contributed by atoms with Gasteiger partial charge in [-0.2, -0.15) is 0 Å². The number of fused-ring (bicyclic) bond motifs is 1. The number of methoxy groups -OCH3 is 1. The molecule has 0 spiro atoms. The maximum Gasteiger partial charge on any atom is 0.165 e. The molecular formula is C16H16FNOS. The first-order valence-electron chi connectivity index (χ1n) is 6.60. The van der Waals surface area contributed by atoms with Crippen LogP contribution in [-0.2, 0) is 0 Å². The molecule has 0 radical (unpaired) electrons. The highest BCUT2D eigenvalue weighted by molar-refractivity contribution is 7.99. The monoisotopic (exact) mass is 289 g/mol. The minimum absolute atomic E-state index is 0.266. The fraction of sp³-hybridized carbons (Fsp3) is 0.250. The van der Waals surface area contributed by atoms with E-state index in [9.17, 15) is 4.39 Å². The lowest BCUT2D eigenvalue weighted by molar-refractivity contribution is 0.386. The van der Waals surface area contributed by atoms with Gasteiger partial charge in [-0.25, -0.2) is 4.39 Å². The largest absolute Gasteiger partial charge is 0.494 e. The second-order valence-electron chi connectivity index (χ2n) is 4.72. The first-order valence-corrected chi connectivity index (χ1v) is 7.58. The average Bonchev–Trinajstić information content (AvgIpc) is 2.49. The van der Waals surface area contributed by atoms with Crippen LogP contribution in [0.4, 0.5) is 10.1 Å². The van der Waals surface area contributed by atoms with E-state index in [1.807, 2.05) is 11.8 Å². The van der Waals surface area contributed by atoms with E-state index < -0.39 is 0 Å². The van der Waals surface area contributed by atoms with E-state index in [1.165, 1.54) is 23.6 Å². The molecule has 1 atom stereocenters. The van der Waals surface area contributed by atoms with Gasteiger partial charge >= 0.3 is 0 Å². The van der Waals surface area contributed by atoms with Gasteiger partial charge in [0.25, 0.3) is 0 Å². The maximum absolute atomic E-state index is 13.4. The Morgan fingerprint density at radius 3 is 2.95 bits per heavy atom. The molecule has 0 saturated heterocycles. The zero-order chi connectivity index (χ0) is 13.9. The Kier molecular flexibility index (Phi) is 3.83. The number of benzene rings is 2. The van der Waals surface area contributed by atoms with Crippen LogP contribution in [0.1, 0.15) is 18.0 Å². The highest BCUT2D eigenvalue weighted by Crippen LogP contribution is 2.38. The van der Waals surface area contributed by atoms with Crippen molar-refractivity contribution in [2.45, 2.75) is 17.4 Å². The van der Waals surface area contributed by atoms with Crippen LogP contribution in [0.2, 0.25) is 0 Å². The van der Waals surface area contributed by atoms with Gasteiger partial charge in [-0.15, -0.1) is 11.8 Å². The number of hydrogen-bond acceptors (Lipinski definition) is 3. The van der Waals surface area contributed by atoms with Gasteiger partial charge in [0.05, 0.1) is 13.2 Å². The highest BCUT2D eigenvalue weighted by atomic mass is 32.2. The summed E-state index contributed by atoms with van der Waals surface area (Å²) in [6.45, 7) is 0. The summed E-state index contributed by atoms with van der Waals surface area (Å²) in [4.78, 5) is 1.32. The summed E-state index contributed by atoms with van der Waals surface area (Å²) in [7, 11) is 1.48. The lowest BCUT2D eigenvalue weighted by Gasteiger charge is -2.26. The van der Waals surface area contributed by atoms with Crippen LogP contribution >= 0.6 is 11.8 Å². The van der Waals surface area contributed by atoms with Crippen molar-refractivity contribution < 1.29 is 9.13 Å².